The Morgan fingerprint density at radius 1 is 0.964 bits per heavy atom. The van der Waals surface area contributed by atoms with Gasteiger partial charge in [-0.25, -0.2) is 9.97 Å². The summed E-state index contributed by atoms with van der Waals surface area (Å²) < 4.78 is 0. The van der Waals surface area contributed by atoms with E-state index in [0.717, 1.165) is 50.6 Å². The van der Waals surface area contributed by atoms with Crippen molar-refractivity contribution in [1.29, 1.82) is 0 Å². The summed E-state index contributed by atoms with van der Waals surface area (Å²) in [5.41, 5.74) is 2.66. The number of aromatic nitrogens is 2. The molecule has 0 saturated carbocycles. The minimum atomic E-state index is -0.0149. The van der Waals surface area contributed by atoms with Crippen LogP contribution in [0.15, 0.2) is 36.7 Å². The zero-order chi connectivity index (χ0) is 19.3. The average molecular weight is 380 g/mol. The molecule has 0 radical (unpaired) electrons. The molecule has 0 aliphatic carbocycles. The van der Waals surface area contributed by atoms with E-state index in [4.69, 9.17) is 0 Å². The molecule has 0 spiro atoms. The summed E-state index contributed by atoms with van der Waals surface area (Å²) in [6.45, 7) is 6.24. The first-order valence-electron chi connectivity index (χ1n) is 10.4. The molecule has 148 valence electrons. The van der Waals surface area contributed by atoms with Crippen molar-refractivity contribution in [2.24, 2.45) is 5.92 Å². The number of rotatable bonds is 4. The fourth-order valence-corrected chi connectivity index (χ4v) is 3.93. The number of anilines is 3. The number of hydrogen-bond acceptors (Lipinski definition) is 5. The summed E-state index contributed by atoms with van der Waals surface area (Å²) in [7, 11) is 0. The number of nitrogens with zero attached hydrogens (tertiary/aromatic N) is 4. The summed E-state index contributed by atoms with van der Waals surface area (Å²) in [6, 6.07) is 8.45. The molecule has 1 N–H and O–H groups in total. The van der Waals surface area contributed by atoms with E-state index in [9.17, 15) is 4.79 Å². The normalized spacial score (nSPS) is 18.2. The molecule has 1 aromatic heterocycles. The number of amides is 1. The van der Waals surface area contributed by atoms with E-state index in [1.165, 1.54) is 24.9 Å². The third-order valence-electron chi connectivity index (χ3n) is 5.80. The van der Waals surface area contributed by atoms with Crippen LogP contribution in [0.3, 0.4) is 0 Å². The summed E-state index contributed by atoms with van der Waals surface area (Å²) in [5.74, 6) is 1.47. The Bertz CT molecular complexity index is 776. The molecule has 28 heavy (non-hydrogen) atoms. The predicted octanol–water partition coefficient (Wildman–Crippen LogP) is 4.08. The minimum Gasteiger partial charge on any atom is -0.372 e. The summed E-state index contributed by atoms with van der Waals surface area (Å²) in [6.07, 6.45) is 9.08. The van der Waals surface area contributed by atoms with Crippen LogP contribution in [0.1, 0.15) is 49.5 Å². The van der Waals surface area contributed by atoms with Gasteiger partial charge in [0.1, 0.15) is 11.5 Å². The second kappa shape index (κ2) is 8.59. The lowest BCUT2D eigenvalue weighted by atomic mass is 9.99. The molecule has 2 aliphatic rings. The van der Waals surface area contributed by atoms with Crippen molar-refractivity contribution in [3.63, 3.8) is 0 Å². The Kier molecular flexibility index (Phi) is 5.74. The number of piperidine rings is 2. The molecule has 3 heterocycles. The maximum Gasteiger partial charge on any atom is 0.274 e. The van der Waals surface area contributed by atoms with Crippen molar-refractivity contribution in [2.45, 2.75) is 39.0 Å². The van der Waals surface area contributed by atoms with Crippen molar-refractivity contribution in [3.05, 3.63) is 42.4 Å². The first-order chi connectivity index (χ1) is 13.7. The first-order valence-corrected chi connectivity index (χ1v) is 10.4. The quantitative estimate of drug-likeness (QED) is 0.867. The number of carbonyl (C=O) groups is 1. The smallest absolute Gasteiger partial charge is 0.274 e. The van der Waals surface area contributed by atoms with Crippen molar-refractivity contribution in [1.82, 2.24) is 14.9 Å². The maximum absolute atomic E-state index is 12.5. The van der Waals surface area contributed by atoms with Crippen LogP contribution in [0.4, 0.5) is 17.2 Å². The predicted molar refractivity (Wildman–Crippen MR) is 112 cm³/mol. The van der Waals surface area contributed by atoms with E-state index in [-0.39, 0.29) is 5.91 Å². The van der Waals surface area contributed by atoms with Gasteiger partial charge in [0.05, 0.1) is 12.4 Å². The molecule has 0 atom stereocenters. The molecular formula is C22H29N5O. The molecule has 6 heteroatoms. The van der Waals surface area contributed by atoms with E-state index >= 15 is 0 Å². The summed E-state index contributed by atoms with van der Waals surface area (Å²) >= 11 is 0. The Labute approximate surface area is 167 Å². The number of benzene rings is 1. The number of hydrogen-bond donors (Lipinski definition) is 1. The Morgan fingerprint density at radius 3 is 2.32 bits per heavy atom. The van der Waals surface area contributed by atoms with Gasteiger partial charge in [0.15, 0.2) is 0 Å². The SMILES string of the molecule is CC1CCN(c2ccc(Nc3cnc(C(=O)N4CCCCC4)cn3)cc2)CC1. The van der Waals surface area contributed by atoms with Crippen molar-refractivity contribution in [3.8, 4) is 0 Å². The maximum atomic E-state index is 12.5. The minimum absolute atomic E-state index is 0.0149. The Balaban J connectivity index is 1.35. The van der Waals surface area contributed by atoms with E-state index in [1.807, 2.05) is 4.90 Å². The van der Waals surface area contributed by atoms with Crippen molar-refractivity contribution in [2.75, 3.05) is 36.4 Å². The van der Waals surface area contributed by atoms with E-state index < -0.39 is 0 Å². The highest BCUT2D eigenvalue weighted by Crippen LogP contribution is 2.25. The highest BCUT2D eigenvalue weighted by molar-refractivity contribution is 5.92. The molecule has 4 rings (SSSR count). The number of carbonyl (C=O) groups excluding carboxylic acids is 1. The van der Waals surface area contributed by atoms with Gasteiger partial charge in [-0.1, -0.05) is 6.92 Å². The second-order valence-electron chi connectivity index (χ2n) is 7.98. The van der Waals surface area contributed by atoms with Crippen LogP contribution in [-0.4, -0.2) is 47.0 Å². The van der Waals surface area contributed by atoms with Gasteiger partial charge < -0.3 is 15.1 Å². The van der Waals surface area contributed by atoms with Crippen LogP contribution < -0.4 is 10.2 Å². The number of nitrogens with one attached hydrogen (secondary N) is 1. The van der Waals surface area contributed by atoms with E-state index in [1.54, 1.807) is 12.4 Å². The summed E-state index contributed by atoms with van der Waals surface area (Å²) in [4.78, 5) is 25.5. The molecule has 2 saturated heterocycles. The molecule has 1 amide bonds. The Hall–Kier alpha value is -2.63. The molecule has 0 unspecified atom stereocenters. The van der Waals surface area contributed by atoms with Crippen LogP contribution in [0.5, 0.6) is 0 Å². The van der Waals surface area contributed by atoms with Crippen LogP contribution in [0.25, 0.3) is 0 Å². The van der Waals surface area contributed by atoms with Gasteiger partial charge in [-0.2, -0.15) is 0 Å². The zero-order valence-corrected chi connectivity index (χ0v) is 16.6. The largest absolute Gasteiger partial charge is 0.372 e. The zero-order valence-electron chi connectivity index (χ0n) is 16.6. The van der Waals surface area contributed by atoms with Crippen LogP contribution in [-0.2, 0) is 0 Å². The Morgan fingerprint density at radius 2 is 1.68 bits per heavy atom. The first kappa shape index (κ1) is 18.7. The molecule has 0 bridgehead atoms. The summed E-state index contributed by atoms with van der Waals surface area (Å²) in [5, 5.41) is 3.27. The lowest BCUT2D eigenvalue weighted by molar-refractivity contribution is 0.0718. The van der Waals surface area contributed by atoms with Gasteiger partial charge >= 0.3 is 0 Å². The molecule has 2 aliphatic heterocycles. The third kappa shape index (κ3) is 4.43. The van der Waals surface area contributed by atoms with Gasteiger partial charge in [0, 0.05) is 37.6 Å². The van der Waals surface area contributed by atoms with E-state index in [2.05, 4.69) is 51.4 Å². The molecule has 2 fully saturated rings. The van der Waals surface area contributed by atoms with Gasteiger partial charge in [0.2, 0.25) is 0 Å². The number of likely N-dealkylation sites (tertiary alicyclic amines) is 1. The fraction of sp³-hybridized carbons (Fsp3) is 0.500. The van der Waals surface area contributed by atoms with Crippen molar-refractivity contribution >= 4 is 23.1 Å². The van der Waals surface area contributed by atoms with Crippen LogP contribution >= 0.6 is 0 Å². The average Bonchev–Trinajstić information content (AvgIpc) is 2.76. The van der Waals surface area contributed by atoms with Crippen molar-refractivity contribution < 1.29 is 4.79 Å². The molecular weight excluding hydrogens is 350 g/mol. The van der Waals surface area contributed by atoms with Crippen LogP contribution in [0, 0.1) is 5.92 Å². The fourth-order valence-electron chi connectivity index (χ4n) is 3.93. The second-order valence-corrected chi connectivity index (χ2v) is 7.98. The molecule has 2 aromatic rings. The molecule has 1 aromatic carbocycles. The topological polar surface area (TPSA) is 61.4 Å². The highest BCUT2D eigenvalue weighted by atomic mass is 16.2. The third-order valence-corrected chi connectivity index (χ3v) is 5.80. The van der Waals surface area contributed by atoms with Crippen LogP contribution in [0.2, 0.25) is 0 Å². The highest BCUT2D eigenvalue weighted by Gasteiger charge is 2.19. The van der Waals surface area contributed by atoms with Gasteiger partial charge in [-0.15, -0.1) is 0 Å². The lowest BCUT2D eigenvalue weighted by Crippen LogP contribution is -2.36. The monoisotopic (exact) mass is 379 g/mol. The van der Waals surface area contributed by atoms with E-state index in [0.29, 0.717) is 11.5 Å². The molecule has 6 nitrogen and oxygen atoms in total. The van der Waals surface area contributed by atoms with Gasteiger partial charge in [-0.3, -0.25) is 4.79 Å². The van der Waals surface area contributed by atoms with Gasteiger partial charge in [0.25, 0.3) is 5.91 Å². The standard InChI is InChI=1S/C22H29N5O/c1-17-9-13-26(14-10-17)19-7-5-18(6-8-19)25-21-16-23-20(15-24-21)22(28)27-11-3-2-4-12-27/h5-8,15-17H,2-4,9-14H2,1H3,(H,24,25). The lowest BCUT2D eigenvalue weighted by Gasteiger charge is -2.32. The van der Waals surface area contributed by atoms with Gasteiger partial charge in [-0.05, 0) is 62.3 Å².